The van der Waals surface area contributed by atoms with Crippen molar-refractivity contribution in [3.63, 3.8) is 0 Å². The number of piperidine rings is 1. The molecule has 0 saturated carbocycles. The highest BCUT2D eigenvalue weighted by atomic mass is 28.3. The molecule has 0 bridgehead atoms. The third-order valence-corrected chi connectivity index (χ3v) is 9.34. The van der Waals surface area contributed by atoms with E-state index in [2.05, 4.69) is 91.3 Å². The lowest BCUT2D eigenvalue weighted by Gasteiger charge is -2.35. The summed E-state index contributed by atoms with van der Waals surface area (Å²) >= 11 is 0. The number of ether oxygens (including phenoxy) is 1. The second-order valence-corrected chi connectivity index (χ2v) is 17.3. The molecular formula is C30H44N4OSi. The van der Waals surface area contributed by atoms with Crippen molar-refractivity contribution in [2.24, 2.45) is 5.73 Å². The monoisotopic (exact) mass is 504 g/mol. The van der Waals surface area contributed by atoms with Crippen LogP contribution < -0.4 is 10.6 Å². The van der Waals surface area contributed by atoms with Crippen molar-refractivity contribution in [1.82, 2.24) is 9.55 Å². The Balaban J connectivity index is 1.49. The number of rotatable bonds is 9. The topological polar surface area (TPSA) is 56.3 Å². The minimum absolute atomic E-state index is 0.507. The van der Waals surface area contributed by atoms with Crippen LogP contribution in [0.4, 0.5) is 5.69 Å². The molecule has 2 heterocycles. The molecule has 3 aromatic rings. The zero-order valence-electron chi connectivity index (χ0n) is 23.1. The second-order valence-electron chi connectivity index (χ2n) is 11.6. The summed E-state index contributed by atoms with van der Waals surface area (Å²) in [6, 6.07) is 14.7. The van der Waals surface area contributed by atoms with Crippen LogP contribution in [0.2, 0.25) is 25.7 Å². The highest BCUT2D eigenvalue weighted by Crippen LogP contribution is 2.37. The molecule has 1 saturated heterocycles. The van der Waals surface area contributed by atoms with Gasteiger partial charge in [-0.15, -0.1) is 0 Å². The van der Waals surface area contributed by atoms with Crippen LogP contribution in [0.15, 0.2) is 42.7 Å². The lowest BCUT2D eigenvalue weighted by Crippen LogP contribution is -2.34. The molecule has 4 rings (SSSR count). The standard InChI is InChI=1S/C30H44N4OSi/c1-22-7-9-27(17-23(22)2)28-10-8-25(19-31)18-29(28)33-13-11-26(12-14-33)30-24(3)32-20-34(30)21-35-15-16-36(4,5)6/h7-10,17-18,20,26H,11-16,19,21,31H2,1-6H3. The molecule has 1 aliphatic rings. The van der Waals surface area contributed by atoms with Gasteiger partial charge in [0.05, 0.1) is 12.0 Å². The first-order chi connectivity index (χ1) is 17.2. The van der Waals surface area contributed by atoms with E-state index in [1.807, 2.05) is 6.33 Å². The number of aryl methyl sites for hydroxylation is 3. The van der Waals surface area contributed by atoms with Gasteiger partial charge in [0.2, 0.25) is 0 Å². The van der Waals surface area contributed by atoms with E-state index in [9.17, 15) is 0 Å². The van der Waals surface area contributed by atoms with Crippen molar-refractivity contribution >= 4 is 13.8 Å². The largest absolute Gasteiger partial charge is 0.371 e. The smallest absolute Gasteiger partial charge is 0.124 e. The normalized spacial score (nSPS) is 15.0. The average molecular weight is 505 g/mol. The van der Waals surface area contributed by atoms with Gasteiger partial charge in [0.15, 0.2) is 0 Å². The molecule has 2 aromatic carbocycles. The van der Waals surface area contributed by atoms with Crippen LogP contribution in [-0.4, -0.2) is 37.3 Å². The first-order valence-electron chi connectivity index (χ1n) is 13.4. The number of nitrogens with two attached hydrogens (primary N) is 1. The van der Waals surface area contributed by atoms with Crippen molar-refractivity contribution in [3.8, 4) is 11.1 Å². The van der Waals surface area contributed by atoms with Crippen molar-refractivity contribution < 1.29 is 4.74 Å². The molecule has 0 spiro atoms. The van der Waals surface area contributed by atoms with E-state index in [1.165, 1.54) is 45.2 Å². The molecule has 1 fully saturated rings. The number of imidazole rings is 1. The number of benzene rings is 2. The number of nitrogens with zero attached hydrogens (tertiary/aromatic N) is 3. The Bertz CT molecular complexity index is 1170. The number of anilines is 1. The van der Waals surface area contributed by atoms with Gasteiger partial charge in [0.25, 0.3) is 0 Å². The molecule has 2 N–H and O–H groups in total. The molecule has 1 aromatic heterocycles. The number of hydrogen-bond acceptors (Lipinski definition) is 4. The number of hydrogen-bond donors (Lipinski definition) is 1. The van der Waals surface area contributed by atoms with Gasteiger partial charge >= 0.3 is 0 Å². The lowest BCUT2D eigenvalue weighted by molar-refractivity contribution is 0.0841. The van der Waals surface area contributed by atoms with Crippen LogP contribution in [-0.2, 0) is 18.0 Å². The van der Waals surface area contributed by atoms with Crippen LogP contribution >= 0.6 is 0 Å². The maximum Gasteiger partial charge on any atom is 0.124 e. The van der Waals surface area contributed by atoms with E-state index >= 15 is 0 Å². The van der Waals surface area contributed by atoms with Gasteiger partial charge < -0.3 is 19.9 Å². The summed E-state index contributed by atoms with van der Waals surface area (Å²) in [6.45, 7) is 17.7. The SMILES string of the molecule is Cc1ccc(-c2ccc(CN)cc2N2CCC(c3c(C)ncn3COCC[Si](C)(C)C)CC2)cc1C. The van der Waals surface area contributed by atoms with E-state index in [0.717, 1.165) is 38.2 Å². The molecule has 0 unspecified atom stereocenters. The Labute approximate surface area is 218 Å². The van der Waals surface area contributed by atoms with Gasteiger partial charge in [-0.25, -0.2) is 4.98 Å². The van der Waals surface area contributed by atoms with Crippen LogP contribution in [0.1, 0.15) is 46.8 Å². The third kappa shape index (κ3) is 6.28. The summed E-state index contributed by atoms with van der Waals surface area (Å²) in [6.07, 6.45) is 4.19. The molecular weight excluding hydrogens is 460 g/mol. The quantitative estimate of drug-likeness (QED) is 0.262. The van der Waals surface area contributed by atoms with Crippen molar-refractivity contribution in [2.75, 3.05) is 24.6 Å². The fourth-order valence-corrected chi connectivity index (χ4v) is 5.94. The molecule has 0 amide bonds. The molecule has 5 nitrogen and oxygen atoms in total. The van der Waals surface area contributed by atoms with Crippen molar-refractivity contribution in [2.45, 2.75) is 78.5 Å². The summed E-state index contributed by atoms with van der Waals surface area (Å²) in [4.78, 5) is 7.21. The van der Waals surface area contributed by atoms with Crippen LogP contribution in [0.3, 0.4) is 0 Å². The highest BCUT2D eigenvalue weighted by Gasteiger charge is 2.26. The van der Waals surface area contributed by atoms with Gasteiger partial charge in [0, 0.05) is 57.2 Å². The first kappa shape index (κ1) is 26.6. The average Bonchev–Trinajstić information content (AvgIpc) is 3.22. The van der Waals surface area contributed by atoms with E-state index in [0.29, 0.717) is 19.2 Å². The molecule has 36 heavy (non-hydrogen) atoms. The van der Waals surface area contributed by atoms with Crippen LogP contribution in [0.25, 0.3) is 11.1 Å². The molecule has 0 aliphatic carbocycles. The van der Waals surface area contributed by atoms with E-state index in [-0.39, 0.29) is 0 Å². The maximum absolute atomic E-state index is 6.07. The summed E-state index contributed by atoms with van der Waals surface area (Å²) in [7, 11) is -1.08. The zero-order valence-corrected chi connectivity index (χ0v) is 24.1. The van der Waals surface area contributed by atoms with E-state index < -0.39 is 8.07 Å². The van der Waals surface area contributed by atoms with E-state index in [4.69, 9.17) is 10.5 Å². The molecule has 0 atom stereocenters. The zero-order chi connectivity index (χ0) is 25.9. The first-order valence-corrected chi connectivity index (χ1v) is 17.1. The molecule has 194 valence electrons. The van der Waals surface area contributed by atoms with Gasteiger partial charge in [-0.2, -0.15) is 0 Å². The Morgan fingerprint density at radius 2 is 1.75 bits per heavy atom. The van der Waals surface area contributed by atoms with Crippen LogP contribution in [0.5, 0.6) is 0 Å². The number of aromatic nitrogens is 2. The summed E-state index contributed by atoms with van der Waals surface area (Å²) in [5.74, 6) is 0.507. The summed E-state index contributed by atoms with van der Waals surface area (Å²) in [5, 5.41) is 0. The minimum Gasteiger partial charge on any atom is -0.371 e. The summed E-state index contributed by atoms with van der Waals surface area (Å²) < 4.78 is 8.32. The van der Waals surface area contributed by atoms with Gasteiger partial charge in [-0.1, -0.05) is 50.0 Å². The minimum atomic E-state index is -1.08. The van der Waals surface area contributed by atoms with Gasteiger partial charge in [0.1, 0.15) is 6.73 Å². The Hall–Kier alpha value is -2.41. The predicted octanol–water partition coefficient (Wildman–Crippen LogP) is 6.63. The predicted molar refractivity (Wildman–Crippen MR) is 155 cm³/mol. The third-order valence-electron chi connectivity index (χ3n) is 7.64. The lowest BCUT2D eigenvalue weighted by atomic mass is 9.90. The maximum atomic E-state index is 6.07. The Kier molecular flexibility index (Phi) is 8.38. The van der Waals surface area contributed by atoms with E-state index in [1.54, 1.807) is 0 Å². The van der Waals surface area contributed by atoms with Crippen molar-refractivity contribution in [3.05, 3.63) is 70.8 Å². The Morgan fingerprint density at radius 3 is 2.42 bits per heavy atom. The van der Waals surface area contributed by atoms with Crippen molar-refractivity contribution in [1.29, 1.82) is 0 Å². The van der Waals surface area contributed by atoms with Crippen LogP contribution in [0, 0.1) is 20.8 Å². The fraction of sp³-hybridized carbons (Fsp3) is 0.500. The Morgan fingerprint density at radius 1 is 1.00 bits per heavy atom. The molecule has 1 aliphatic heterocycles. The molecule has 6 heteroatoms. The molecule has 0 radical (unpaired) electrons. The summed E-state index contributed by atoms with van der Waals surface area (Å²) in [5.41, 5.74) is 16.3. The second kappa shape index (κ2) is 11.3. The fourth-order valence-electron chi connectivity index (χ4n) is 5.18. The van der Waals surface area contributed by atoms with Gasteiger partial charge in [-0.05, 0) is 68.0 Å². The highest BCUT2D eigenvalue weighted by molar-refractivity contribution is 6.76. The van der Waals surface area contributed by atoms with Gasteiger partial charge in [-0.3, -0.25) is 0 Å².